The van der Waals surface area contributed by atoms with Gasteiger partial charge in [-0.2, -0.15) is 0 Å². The van der Waals surface area contributed by atoms with Crippen LogP contribution in [0.15, 0.2) is 0 Å². The van der Waals surface area contributed by atoms with E-state index in [0.29, 0.717) is 23.4 Å². The van der Waals surface area contributed by atoms with Gasteiger partial charge in [0.05, 0.1) is 0 Å². The van der Waals surface area contributed by atoms with Gasteiger partial charge >= 0.3 is 0 Å². The molecule has 2 nitrogen and oxygen atoms in total. The average Bonchev–Trinajstić information content (AvgIpc) is 2.91. The summed E-state index contributed by atoms with van der Waals surface area (Å²) in [5.74, 6) is 2.39. The molecule has 124 valence electrons. The van der Waals surface area contributed by atoms with Crippen LogP contribution in [0.5, 0.6) is 0 Å². The predicted molar refractivity (Wildman–Crippen MR) is 88.5 cm³/mol. The second-order valence-corrected chi connectivity index (χ2v) is 9.83. The molecule has 0 amide bonds. The molecule has 4 unspecified atom stereocenters. The van der Waals surface area contributed by atoms with E-state index in [0.717, 1.165) is 25.7 Å². The van der Waals surface area contributed by atoms with Gasteiger partial charge in [-0.15, -0.1) is 0 Å². The van der Waals surface area contributed by atoms with E-state index in [-0.39, 0.29) is 21.7 Å². The van der Waals surface area contributed by atoms with Crippen LogP contribution in [0.1, 0.15) is 80.1 Å². The first-order valence-electron chi connectivity index (χ1n) is 9.03. The normalized spacial score (nSPS) is 46.8. The Bertz CT molecular complexity index is 482. The molecule has 0 spiro atoms. The van der Waals surface area contributed by atoms with Crippen molar-refractivity contribution in [3.63, 3.8) is 0 Å². The summed E-state index contributed by atoms with van der Waals surface area (Å²) in [5.41, 5.74) is 0.615. The highest BCUT2D eigenvalue weighted by atomic mass is 16.1. The van der Waals surface area contributed by atoms with Crippen LogP contribution in [0.2, 0.25) is 0 Å². The molecule has 0 aromatic rings. The smallest absolute Gasteiger partial charge is 0.139 e. The molecular formula is C20H32O2. The third kappa shape index (κ3) is 1.73. The van der Waals surface area contributed by atoms with E-state index >= 15 is 0 Å². The predicted octanol–water partition coefficient (Wildman–Crippen LogP) is 4.80. The summed E-state index contributed by atoms with van der Waals surface area (Å²) in [5, 5.41) is 0. The van der Waals surface area contributed by atoms with E-state index in [1.54, 1.807) is 0 Å². The van der Waals surface area contributed by atoms with Gasteiger partial charge in [0, 0.05) is 23.7 Å². The van der Waals surface area contributed by atoms with Crippen LogP contribution in [0.25, 0.3) is 0 Å². The lowest BCUT2D eigenvalue weighted by Crippen LogP contribution is -2.32. The zero-order valence-corrected chi connectivity index (χ0v) is 15.2. The highest BCUT2D eigenvalue weighted by molar-refractivity contribution is 5.89. The fraction of sp³-hybridized carbons (Fsp3) is 0.900. The Balaban J connectivity index is 0.000000131. The molecule has 0 N–H and O–H groups in total. The van der Waals surface area contributed by atoms with Crippen LogP contribution < -0.4 is 0 Å². The fourth-order valence-electron chi connectivity index (χ4n) is 5.80. The number of ketones is 2. The summed E-state index contributed by atoms with van der Waals surface area (Å²) in [6.45, 7) is 13.3. The van der Waals surface area contributed by atoms with Gasteiger partial charge in [-0.05, 0) is 48.3 Å². The largest absolute Gasteiger partial charge is 0.299 e. The summed E-state index contributed by atoms with van der Waals surface area (Å²) in [6.07, 6.45) is 6.50. The Hall–Kier alpha value is -0.660. The number of hydrogen-bond donors (Lipinski definition) is 0. The van der Waals surface area contributed by atoms with Crippen molar-refractivity contribution in [3.05, 3.63) is 0 Å². The van der Waals surface area contributed by atoms with Crippen LogP contribution in [0, 0.1) is 33.5 Å². The Morgan fingerprint density at radius 2 is 1.00 bits per heavy atom. The Kier molecular flexibility index (Phi) is 3.28. The SMILES string of the molecule is CC12CCC(CC1=O)C2(C)C.CC12CCC(CC1=O)C2(C)C. The van der Waals surface area contributed by atoms with Crippen molar-refractivity contribution in [1.82, 2.24) is 0 Å². The van der Waals surface area contributed by atoms with Crippen molar-refractivity contribution in [3.8, 4) is 0 Å². The second-order valence-electron chi connectivity index (χ2n) is 9.83. The molecule has 0 heterocycles. The third-order valence-corrected chi connectivity index (χ3v) is 8.97. The Morgan fingerprint density at radius 1 is 0.682 bits per heavy atom. The van der Waals surface area contributed by atoms with Crippen LogP contribution in [0.4, 0.5) is 0 Å². The molecule has 4 atom stereocenters. The lowest BCUT2D eigenvalue weighted by Gasteiger charge is -2.32. The molecule has 4 aliphatic carbocycles. The lowest BCUT2D eigenvalue weighted by molar-refractivity contribution is -0.129. The first kappa shape index (κ1) is 16.2. The van der Waals surface area contributed by atoms with E-state index in [1.165, 1.54) is 12.8 Å². The van der Waals surface area contributed by atoms with Gasteiger partial charge in [-0.1, -0.05) is 41.5 Å². The Morgan fingerprint density at radius 3 is 1.09 bits per heavy atom. The monoisotopic (exact) mass is 304 g/mol. The molecule has 0 radical (unpaired) electrons. The number of hydrogen-bond acceptors (Lipinski definition) is 2. The zero-order chi connectivity index (χ0) is 16.6. The second kappa shape index (κ2) is 4.45. The van der Waals surface area contributed by atoms with Crippen molar-refractivity contribution in [2.24, 2.45) is 33.5 Å². The van der Waals surface area contributed by atoms with Gasteiger partial charge in [0.2, 0.25) is 0 Å². The molecule has 4 bridgehead atoms. The van der Waals surface area contributed by atoms with Crippen molar-refractivity contribution in [2.45, 2.75) is 80.1 Å². The molecule has 4 fully saturated rings. The van der Waals surface area contributed by atoms with Crippen molar-refractivity contribution >= 4 is 11.6 Å². The van der Waals surface area contributed by atoms with Crippen molar-refractivity contribution < 1.29 is 9.59 Å². The first-order valence-corrected chi connectivity index (χ1v) is 9.03. The highest BCUT2D eigenvalue weighted by Crippen LogP contribution is 2.64. The van der Waals surface area contributed by atoms with Crippen LogP contribution in [0.3, 0.4) is 0 Å². The average molecular weight is 304 g/mol. The zero-order valence-electron chi connectivity index (χ0n) is 15.2. The maximum atomic E-state index is 11.6. The number of carbonyl (C=O) groups is 2. The molecule has 0 aliphatic heterocycles. The van der Waals surface area contributed by atoms with E-state index in [4.69, 9.17) is 0 Å². The van der Waals surface area contributed by atoms with Crippen molar-refractivity contribution in [2.75, 3.05) is 0 Å². The molecule has 0 aromatic heterocycles. The quantitative estimate of drug-likeness (QED) is 0.644. The van der Waals surface area contributed by atoms with E-state index in [1.807, 2.05) is 0 Å². The molecule has 4 aliphatic rings. The van der Waals surface area contributed by atoms with E-state index in [2.05, 4.69) is 41.5 Å². The van der Waals surface area contributed by atoms with Gasteiger partial charge in [-0.3, -0.25) is 9.59 Å². The summed E-state index contributed by atoms with van der Waals surface area (Å²) >= 11 is 0. The van der Waals surface area contributed by atoms with Gasteiger partial charge in [0.1, 0.15) is 11.6 Å². The van der Waals surface area contributed by atoms with Crippen molar-refractivity contribution in [1.29, 1.82) is 0 Å². The van der Waals surface area contributed by atoms with Gasteiger partial charge in [0.15, 0.2) is 0 Å². The van der Waals surface area contributed by atoms with Gasteiger partial charge < -0.3 is 0 Å². The summed E-state index contributed by atoms with van der Waals surface area (Å²) in [6, 6.07) is 0. The molecule has 0 saturated heterocycles. The lowest BCUT2D eigenvalue weighted by atomic mass is 9.70. The summed E-state index contributed by atoms with van der Waals surface area (Å²) in [4.78, 5) is 23.1. The van der Waals surface area contributed by atoms with E-state index in [9.17, 15) is 9.59 Å². The molecule has 4 rings (SSSR count). The molecule has 2 heteroatoms. The minimum atomic E-state index is 0.0255. The van der Waals surface area contributed by atoms with E-state index < -0.39 is 0 Å². The number of fused-ring (bicyclic) bond motifs is 4. The summed E-state index contributed by atoms with van der Waals surface area (Å²) < 4.78 is 0. The molecule has 0 aromatic carbocycles. The van der Waals surface area contributed by atoms with Gasteiger partial charge in [-0.25, -0.2) is 0 Å². The molecule has 4 saturated carbocycles. The van der Waals surface area contributed by atoms with Crippen LogP contribution >= 0.6 is 0 Å². The molecule has 22 heavy (non-hydrogen) atoms. The van der Waals surface area contributed by atoms with Crippen LogP contribution in [-0.4, -0.2) is 11.6 Å². The number of carbonyl (C=O) groups excluding carboxylic acids is 2. The Labute approximate surface area is 135 Å². The highest BCUT2D eigenvalue weighted by Gasteiger charge is 2.62. The maximum Gasteiger partial charge on any atom is 0.139 e. The first-order chi connectivity index (χ1) is 9.97. The minimum Gasteiger partial charge on any atom is -0.299 e. The van der Waals surface area contributed by atoms with Crippen LogP contribution in [-0.2, 0) is 9.59 Å². The summed E-state index contributed by atoms with van der Waals surface area (Å²) in [7, 11) is 0. The standard InChI is InChI=1S/2C10H16O/c2*1-9(2)7-4-5-10(9,3)8(11)6-7/h2*7H,4-6H2,1-3H3. The molecular weight excluding hydrogens is 272 g/mol. The third-order valence-electron chi connectivity index (χ3n) is 8.97. The maximum absolute atomic E-state index is 11.6. The number of rotatable bonds is 0. The number of Topliss-reactive ketones (excluding diaryl/α,β-unsaturated/α-hetero) is 2. The topological polar surface area (TPSA) is 34.1 Å². The van der Waals surface area contributed by atoms with Gasteiger partial charge in [0.25, 0.3) is 0 Å². The fourth-order valence-corrected chi connectivity index (χ4v) is 5.80. The minimum absolute atomic E-state index is 0.0255.